The van der Waals surface area contributed by atoms with E-state index in [1.807, 2.05) is 11.8 Å². The summed E-state index contributed by atoms with van der Waals surface area (Å²) in [5, 5.41) is 12.3. The quantitative estimate of drug-likeness (QED) is 0.846. The van der Waals surface area contributed by atoms with Crippen LogP contribution in [0.4, 0.5) is 0 Å². The lowest BCUT2D eigenvalue weighted by Gasteiger charge is -2.31. The number of carbonyl (C=O) groups excluding carboxylic acids is 1. The molecule has 0 spiro atoms. The van der Waals surface area contributed by atoms with Crippen LogP contribution in [0.3, 0.4) is 0 Å². The Hall–Kier alpha value is -0.730. The number of carbonyl (C=O) groups is 1. The van der Waals surface area contributed by atoms with Crippen LogP contribution in [0.2, 0.25) is 0 Å². The van der Waals surface area contributed by atoms with E-state index in [4.69, 9.17) is 4.74 Å². The monoisotopic (exact) mass is 268 g/mol. The second kappa shape index (κ2) is 5.50. The normalized spacial score (nSPS) is 30.7. The molecule has 0 saturated carbocycles. The summed E-state index contributed by atoms with van der Waals surface area (Å²) in [4.78, 5) is 12.3. The van der Waals surface area contributed by atoms with Crippen molar-refractivity contribution in [3.63, 3.8) is 0 Å². The molecule has 18 heavy (non-hydrogen) atoms. The Morgan fingerprint density at radius 2 is 2.17 bits per heavy atom. The molecule has 2 aliphatic heterocycles. The summed E-state index contributed by atoms with van der Waals surface area (Å²) in [7, 11) is 0. The molecule has 1 unspecified atom stereocenters. The Morgan fingerprint density at radius 3 is 2.72 bits per heavy atom. The van der Waals surface area contributed by atoms with Crippen molar-refractivity contribution in [2.24, 2.45) is 5.41 Å². The number of hydrogen-bond acceptors (Lipinski definition) is 4. The van der Waals surface area contributed by atoms with Gasteiger partial charge >= 0.3 is 0 Å². The standard InChI is InChI=1S/C13H20N2O2S/c1-12(3-2-8-18-12)10-15-11(16)13(9-14)4-6-17-7-5-13/h2-8,10H2,1H3,(H,15,16). The third-order valence-electron chi connectivity index (χ3n) is 3.92. The zero-order valence-electron chi connectivity index (χ0n) is 10.8. The van der Waals surface area contributed by atoms with E-state index in [-0.39, 0.29) is 10.7 Å². The Bertz CT molecular complexity index is 352. The molecule has 5 heteroatoms. The van der Waals surface area contributed by atoms with E-state index >= 15 is 0 Å². The summed E-state index contributed by atoms with van der Waals surface area (Å²) >= 11 is 1.92. The van der Waals surface area contributed by atoms with E-state index in [1.54, 1.807) is 0 Å². The van der Waals surface area contributed by atoms with E-state index < -0.39 is 5.41 Å². The van der Waals surface area contributed by atoms with Crippen molar-refractivity contribution in [2.45, 2.75) is 37.4 Å². The molecule has 1 amide bonds. The highest BCUT2D eigenvalue weighted by Gasteiger charge is 2.41. The fourth-order valence-corrected chi connectivity index (χ4v) is 3.77. The zero-order valence-corrected chi connectivity index (χ0v) is 11.6. The summed E-state index contributed by atoms with van der Waals surface area (Å²) in [5.41, 5.74) is -0.863. The Kier molecular flexibility index (Phi) is 4.18. The van der Waals surface area contributed by atoms with Crippen molar-refractivity contribution in [3.05, 3.63) is 0 Å². The van der Waals surface area contributed by atoms with Crippen molar-refractivity contribution < 1.29 is 9.53 Å². The molecule has 2 fully saturated rings. The summed E-state index contributed by atoms with van der Waals surface area (Å²) < 4.78 is 5.39. The summed E-state index contributed by atoms with van der Waals surface area (Å²) in [5.74, 6) is 1.06. The summed E-state index contributed by atoms with van der Waals surface area (Å²) in [6, 6.07) is 2.21. The van der Waals surface area contributed by atoms with Gasteiger partial charge in [-0.2, -0.15) is 17.0 Å². The molecular formula is C13H20N2O2S. The van der Waals surface area contributed by atoms with Crippen LogP contribution in [0.25, 0.3) is 0 Å². The van der Waals surface area contributed by atoms with Crippen molar-refractivity contribution in [3.8, 4) is 6.07 Å². The van der Waals surface area contributed by atoms with Crippen molar-refractivity contribution in [2.75, 3.05) is 25.5 Å². The van der Waals surface area contributed by atoms with Crippen LogP contribution in [0.5, 0.6) is 0 Å². The van der Waals surface area contributed by atoms with Gasteiger partial charge in [0.15, 0.2) is 0 Å². The van der Waals surface area contributed by atoms with Crippen LogP contribution in [0.15, 0.2) is 0 Å². The highest BCUT2D eigenvalue weighted by atomic mass is 32.2. The van der Waals surface area contributed by atoms with Crippen LogP contribution >= 0.6 is 11.8 Å². The van der Waals surface area contributed by atoms with Crippen LogP contribution in [0, 0.1) is 16.7 Å². The molecule has 1 atom stereocenters. The molecular weight excluding hydrogens is 248 g/mol. The minimum Gasteiger partial charge on any atom is -0.381 e. The molecule has 0 aromatic heterocycles. The van der Waals surface area contributed by atoms with E-state index in [2.05, 4.69) is 18.3 Å². The van der Waals surface area contributed by atoms with Gasteiger partial charge in [0.25, 0.3) is 0 Å². The number of nitriles is 1. The van der Waals surface area contributed by atoms with Gasteiger partial charge in [0, 0.05) is 24.5 Å². The lowest BCUT2D eigenvalue weighted by molar-refractivity contribution is -0.132. The van der Waals surface area contributed by atoms with Crippen molar-refractivity contribution >= 4 is 17.7 Å². The van der Waals surface area contributed by atoms with Crippen LogP contribution in [-0.2, 0) is 9.53 Å². The van der Waals surface area contributed by atoms with E-state index in [9.17, 15) is 10.1 Å². The molecule has 0 aliphatic carbocycles. The molecule has 100 valence electrons. The molecule has 1 N–H and O–H groups in total. The second-order valence-electron chi connectivity index (χ2n) is 5.39. The second-order valence-corrected chi connectivity index (χ2v) is 7.07. The Balaban J connectivity index is 1.92. The van der Waals surface area contributed by atoms with Gasteiger partial charge in [0.05, 0.1) is 6.07 Å². The first kappa shape index (κ1) is 13.7. The molecule has 4 nitrogen and oxygen atoms in total. The predicted molar refractivity (Wildman–Crippen MR) is 71.2 cm³/mol. The van der Waals surface area contributed by atoms with E-state index in [0.29, 0.717) is 32.6 Å². The maximum atomic E-state index is 12.3. The van der Waals surface area contributed by atoms with Crippen LogP contribution in [0.1, 0.15) is 32.6 Å². The van der Waals surface area contributed by atoms with Gasteiger partial charge in [-0.15, -0.1) is 0 Å². The van der Waals surface area contributed by atoms with Gasteiger partial charge in [-0.05, 0) is 38.4 Å². The first-order valence-corrected chi connectivity index (χ1v) is 7.50. The van der Waals surface area contributed by atoms with Gasteiger partial charge < -0.3 is 10.1 Å². The molecule has 2 saturated heterocycles. The largest absolute Gasteiger partial charge is 0.381 e. The maximum Gasteiger partial charge on any atom is 0.240 e. The first-order valence-electron chi connectivity index (χ1n) is 6.52. The zero-order chi connectivity index (χ0) is 13.1. The van der Waals surface area contributed by atoms with Crippen molar-refractivity contribution in [1.29, 1.82) is 5.26 Å². The van der Waals surface area contributed by atoms with Crippen LogP contribution in [-0.4, -0.2) is 36.2 Å². The van der Waals surface area contributed by atoms with Gasteiger partial charge in [0.2, 0.25) is 5.91 Å². The number of thioether (sulfide) groups is 1. The topological polar surface area (TPSA) is 62.1 Å². The van der Waals surface area contributed by atoms with E-state index in [1.165, 1.54) is 12.2 Å². The fourth-order valence-electron chi connectivity index (χ4n) is 2.52. The highest BCUT2D eigenvalue weighted by Crippen LogP contribution is 2.37. The average molecular weight is 268 g/mol. The minimum absolute atomic E-state index is 0.109. The molecule has 0 aromatic carbocycles. The number of ether oxygens (including phenoxy) is 1. The highest BCUT2D eigenvalue weighted by molar-refractivity contribution is 8.00. The number of rotatable bonds is 3. The number of hydrogen-bond donors (Lipinski definition) is 1. The lowest BCUT2D eigenvalue weighted by Crippen LogP contribution is -2.47. The van der Waals surface area contributed by atoms with Gasteiger partial charge in [-0.3, -0.25) is 4.79 Å². The summed E-state index contributed by atoms with van der Waals surface area (Å²) in [6.07, 6.45) is 3.38. The van der Waals surface area contributed by atoms with Gasteiger partial charge in [-0.25, -0.2) is 0 Å². The van der Waals surface area contributed by atoms with Crippen LogP contribution < -0.4 is 5.32 Å². The number of nitrogens with zero attached hydrogens (tertiary/aromatic N) is 1. The van der Waals surface area contributed by atoms with Gasteiger partial charge in [-0.1, -0.05) is 0 Å². The lowest BCUT2D eigenvalue weighted by atomic mass is 9.80. The average Bonchev–Trinajstić information content (AvgIpc) is 2.84. The Labute approximate surface area is 112 Å². The first-order chi connectivity index (χ1) is 8.60. The Morgan fingerprint density at radius 1 is 1.44 bits per heavy atom. The van der Waals surface area contributed by atoms with Gasteiger partial charge in [0.1, 0.15) is 5.41 Å². The third kappa shape index (κ3) is 2.81. The molecule has 2 aliphatic rings. The smallest absolute Gasteiger partial charge is 0.240 e. The fraction of sp³-hybridized carbons (Fsp3) is 0.846. The van der Waals surface area contributed by atoms with E-state index in [0.717, 1.165) is 6.42 Å². The molecule has 0 aromatic rings. The SMILES string of the molecule is CC1(CNC(=O)C2(C#N)CCOCC2)CCCS1. The molecule has 0 radical (unpaired) electrons. The third-order valence-corrected chi connectivity index (χ3v) is 5.46. The summed E-state index contributed by atoms with van der Waals surface area (Å²) in [6.45, 7) is 3.87. The molecule has 2 rings (SSSR count). The number of amides is 1. The maximum absolute atomic E-state index is 12.3. The predicted octanol–water partition coefficient (Wildman–Crippen LogP) is 1.71. The van der Waals surface area contributed by atoms with Crippen molar-refractivity contribution in [1.82, 2.24) is 5.32 Å². The molecule has 2 heterocycles. The minimum atomic E-state index is -0.863. The number of nitrogens with one attached hydrogen (secondary N) is 1. The molecule has 0 bridgehead atoms.